The zero-order valence-electron chi connectivity index (χ0n) is 13.1. The Morgan fingerprint density at radius 3 is 2.28 bits per heavy atom. The molecule has 1 aliphatic rings. The maximum absolute atomic E-state index is 5.32. The highest BCUT2D eigenvalue weighted by Gasteiger charge is 2.38. The first-order valence-electron chi connectivity index (χ1n) is 7.63. The van der Waals surface area contributed by atoms with Crippen molar-refractivity contribution in [3.8, 4) is 0 Å². The zero-order chi connectivity index (χ0) is 13.6. The van der Waals surface area contributed by atoms with Gasteiger partial charge in [0, 0.05) is 20.3 Å². The number of ether oxygens (including phenoxy) is 1. The maximum Gasteiger partial charge on any atom is 0.0468 e. The molecule has 108 valence electrons. The molecule has 0 bridgehead atoms. The Hall–Kier alpha value is -0.0800. The SMILES string of the molecule is CCNCC1(CCOC)CCC(C(C)(C)C)CC1. The molecule has 1 fully saturated rings. The average molecular weight is 255 g/mol. The molecule has 0 spiro atoms. The summed E-state index contributed by atoms with van der Waals surface area (Å²) in [5.74, 6) is 0.898. The molecular formula is C16H33NO. The molecule has 1 N–H and O–H groups in total. The molecule has 1 rings (SSSR count). The van der Waals surface area contributed by atoms with Gasteiger partial charge in [0.1, 0.15) is 0 Å². The number of methoxy groups -OCH3 is 1. The highest BCUT2D eigenvalue weighted by atomic mass is 16.5. The molecule has 0 radical (unpaired) electrons. The number of hydrogen-bond donors (Lipinski definition) is 1. The normalized spacial score (nSPS) is 29.5. The smallest absolute Gasteiger partial charge is 0.0468 e. The largest absolute Gasteiger partial charge is 0.385 e. The van der Waals surface area contributed by atoms with E-state index in [0.717, 1.165) is 19.1 Å². The minimum atomic E-state index is 0.478. The van der Waals surface area contributed by atoms with Crippen LogP contribution in [-0.2, 0) is 4.74 Å². The topological polar surface area (TPSA) is 21.3 Å². The summed E-state index contributed by atoms with van der Waals surface area (Å²) in [7, 11) is 1.82. The van der Waals surface area contributed by atoms with Crippen molar-refractivity contribution in [2.45, 2.75) is 59.8 Å². The highest BCUT2D eigenvalue weighted by molar-refractivity contribution is 4.90. The van der Waals surface area contributed by atoms with Crippen LogP contribution < -0.4 is 5.32 Å². The van der Waals surface area contributed by atoms with Crippen molar-refractivity contribution in [3.63, 3.8) is 0 Å². The van der Waals surface area contributed by atoms with Crippen molar-refractivity contribution in [2.75, 3.05) is 26.8 Å². The number of nitrogens with one attached hydrogen (secondary N) is 1. The van der Waals surface area contributed by atoms with Crippen molar-refractivity contribution in [2.24, 2.45) is 16.7 Å². The Bertz CT molecular complexity index is 214. The Balaban J connectivity index is 2.55. The second kappa shape index (κ2) is 6.91. The summed E-state index contributed by atoms with van der Waals surface area (Å²) in [5.41, 5.74) is 0.972. The van der Waals surface area contributed by atoms with E-state index in [0.29, 0.717) is 10.8 Å². The van der Waals surface area contributed by atoms with Crippen molar-refractivity contribution >= 4 is 0 Å². The van der Waals surface area contributed by atoms with Crippen LogP contribution in [-0.4, -0.2) is 26.8 Å². The third-order valence-electron chi connectivity index (χ3n) is 4.86. The van der Waals surface area contributed by atoms with E-state index in [1.54, 1.807) is 0 Å². The Morgan fingerprint density at radius 2 is 1.83 bits per heavy atom. The Kier molecular flexibility index (Phi) is 6.13. The van der Waals surface area contributed by atoms with Gasteiger partial charge >= 0.3 is 0 Å². The fourth-order valence-electron chi connectivity index (χ4n) is 3.32. The third kappa shape index (κ3) is 4.55. The van der Waals surface area contributed by atoms with Gasteiger partial charge in [0.25, 0.3) is 0 Å². The Morgan fingerprint density at radius 1 is 1.22 bits per heavy atom. The maximum atomic E-state index is 5.32. The first kappa shape index (κ1) is 16.0. The fourth-order valence-corrected chi connectivity index (χ4v) is 3.32. The lowest BCUT2D eigenvalue weighted by atomic mass is 9.63. The first-order chi connectivity index (χ1) is 8.43. The van der Waals surface area contributed by atoms with E-state index in [1.165, 1.54) is 38.6 Å². The van der Waals surface area contributed by atoms with E-state index in [4.69, 9.17) is 4.74 Å². The van der Waals surface area contributed by atoms with Crippen LogP contribution in [0.1, 0.15) is 59.8 Å². The molecule has 0 heterocycles. The molecule has 0 amide bonds. The van der Waals surface area contributed by atoms with Crippen molar-refractivity contribution < 1.29 is 4.74 Å². The number of hydrogen-bond acceptors (Lipinski definition) is 2. The quantitative estimate of drug-likeness (QED) is 0.778. The molecule has 18 heavy (non-hydrogen) atoms. The summed E-state index contributed by atoms with van der Waals surface area (Å²) in [6.45, 7) is 12.5. The van der Waals surface area contributed by atoms with Crippen molar-refractivity contribution in [1.29, 1.82) is 0 Å². The molecule has 2 nitrogen and oxygen atoms in total. The van der Waals surface area contributed by atoms with Crippen LogP contribution in [0.15, 0.2) is 0 Å². The molecule has 1 saturated carbocycles. The summed E-state index contributed by atoms with van der Waals surface area (Å²) in [6.07, 6.45) is 6.72. The van der Waals surface area contributed by atoms with Gasteiger partial charge in [-0.05, 0) is 55.4 Å². The lowest BCUT2D eigenvalue weighted by molar-refractivity contribution is 0.0554. The van der Waals surface area contributed by atoms with Crippen LogP contribution in [0, 0.1) is 16.7 Å². The van der Waals surface area contributed by atoms with Crippen molar-refractivity contribution in [1.82, 2.24) is 5.32 Å². The van der Waals surface area contributed by atoms with Crippen LogP contribution in [0.4, 0.5) is 0 Å². The molecule has 0 unspecified atom stereocenters. The molecule has 2 heteroatoms. The van der Waals surface area contributed by atoms with Crippen LogP contribution in [0.3, 0.4) is 0 Å². The van der Waals surface area contributed by atoms with E-state index in [2.05, 4.69) is 33.0 Å². The summed E-state index contributed by atoms with van der Waals surface area (Å²) in [4.78, 5) is 0. The van der Waals surface area contributed by atoms with E-state index < -0.39 is 0 Å². The molecule has 0 aromatic carbocycles. The molecule has 0 aromatic heterocycles. The second-order valence-corrected chi connectivity index (χ2v) is 7.16. The summed E-state index contributed by atoms with van der Waals surface area (Å²) in [5, 5.41) is 3.57. The van der Waals surface area contributed by atoms with Crippen molar-refractivity contribution in [3.05, 3.63) is 0 Å². The van der Waals surface area contributed by atoms with E-state index in [1.807, 2.05) is 7.11 Å². The first-order valence-corrected chi connectivity index (χ1v) is 7.63. The predicted molar refractivity (Wildman–Crippen MR) is 78.9 cm³/mol. The molecule has 0 saturated heterocycles. The second-order valence-electron chi connectivity index (χ2n) is 7.16. The van der Waals surface area contributed by atoms with Gasteiger partial charge in [0.2, 0.25) is 0 Å². The lowest BCUT2D eigenvalue weighted by Gasteiger charge is -2.44. The van der Waals surface area contributed by atoms with Crippen LogP contribution >= 0.6 is 0 Å². The summed E-state index contributed by atoms with van der Waals surface area (Å²) >= 11 is 0. The summed E-state index contributed by atoms with van der Waals surface area (Å²) in [6, 6.07) is 0. The minimum Gasteiger partial charge on any atom is -0.385 e. The Labute approximate surface area is 114 Å². The van der Waals surface area contributed by atoms with Gasteiger partial charge in [-0.15, -0.1) is 0 Å². The van der Waals surface area contributed by atoms with Gasteiger partial charge in [-0.2, -0.15) is 0 Å². The summed E-state index contributed by atoms with van der Waals surface area (Å²) < 4.78 is 5.32. The van der Waals surface area contributed by atoms with Crippen LogP contribution in [0.5, 0.6) is 0 Å². The van der Waals surface area contributed by atoms with Crippen LogP contribution in [0.25, 0.3) is 0 Å². The zero-order valence-corrected chi connectivity index (χ0v) is 13.1. The standard InChI is InChI=1S/C16H33NO/c1-6-17-13-16(11-12-18-5)9-7-14(8-10-16)15(2,3)4/h14,17H,6-13H2,1-5H3. The van der Waals surface area contributed by atoms with Gasteiger partial charge in [0.15, 0.2) is 0 Å². The van der Waals surface area contributed by atoms with Gasteiger partial charge in [0.05, 0.1) is 0 Å². The fraction of sp³-hybridized carbons (Fsp3) is 1.00. The molecular weight excluding hydrogens is 222 g/mol. The number of rotatable bonds is 6. The minimum absolute atomic E-state index is 0.478. The third-order valence-corrected chi connectivity index (χ3v) is 4.86. The van der Waals surface area contributed by atoms with Crippen LogP contribution in [0.2, 0.25) is 0 Å². The monoisotopic (exact) mass is 255 g/mol. The van der Waals surface area contributed by atoms with Gasteiger partial charge < -0.3 is 10.1 Å². The van der Waals surface area contributed by atoms with E-state index in [-0.39, 0.29) is 0 Å². The molecule has 0 aliphatic heterocycles. The molecule has 0 aromatic rings. The predicted octanol–water partition coefficient (Wildman–Crippen LogP) is 3.86. The van der Waals surface area contributed by atoms with Gasteiger partial charge in [-0.1, -0.05) is 27.7 Å². The average Bonchev–Trinajstić information content (AvgIpc) is 2.33. The lowest BCUT2D eigenvalue weighted by Crippen LogP contribution is -2.40. The molecule has 1 aliphatic carbocycles. The highest BCUT2D eigenvalue weighted by Crippen LogP contribution is 2.46. The van der Waals surface area contributed by atoms with Gasteiger partial charge in [-0.25, -0.2) is 0 Å². The van der Waals surface area contributed by atoms with E-state index >= 15 is 0 Å². The van der Waals surface area contributed by atoms with E-state index in [9.17, 15) is 0 Å². The van der Waals surface area contributed by atoms with Gasteiger partial charge in [-0.3, -0.25) is 0 Å². The molecule has 0 atom stereocenters.